The van der Waals surface area contributed by atoms with Crippen molar-refractivity contribution in [3.8, 4) is 0 Å². The monoisotopic (exact) mass is 588 g/mol. The smallest absolute Gasteiger partial charge is 0.268 e. The largest absolute Gasteiger partial charge is 0.268 e. The number of aromatic nitrogens is 4. The molecule has 2 aromatic heterocycles. The maximum absolute atomic E-state index is 11.5. The van der Waals surface area contributed by atoms with Crippen molar-refractivity contribution < 1.29 is 0 Å². The highest BCUT2D eigenvalue weighted by molar-refractivity contribution is 9.08. The highest BCUT2D eigenvalue weighted by atomic mass is 79.9. The van der Waals surface area contributed by atoms with Crippen molar-refractivity contribution >= 4 is 62.3 Å². The van der Waals surface area contributed by atoms with E-state index in [0.29, 0.717) is 21.6 Å². The van der Waals surface area contributed by atoms with E-state index in [2.05, 4.69) is 31.2 Å². The Bertz CT molecular complexity index is 1300. The summed E-state index contributed by atoms with van der Waals surface area (Å²) in [6.07, 6.45) is 2.79. The van der Waals surface area contributed by atoms with Crippen LogP contribution < -0.4 is 11.1 Å². The Hall–Kier alpha value is -2.16. The van der Waals surface area contributed by atoms with Crippen LogP contribution in [0.5, 0.6) is 0 Å². The Morgan fingerprint density at radius 2 is 1.39 bits per heavy atom. The zero-order valence-electron chi connectivity index (χ0n) is 16.9. The molecule has 0 saturated heterocycles. The standard InChI is InChI=1S/C11H8Cl2N2O.C7H6BrCl.C4H3ClN2O/c12-9-5-11(16)15(14-6-9)7-8-3-1-2-4-10(8)13;8-5-6-3-1-2-4-7(6)9;5-3-1-4(8)7-6-2-3/h1-6H,7H2;1-4H,5H2;1-2H,(H,7,8). The second-order valence-electron chi connectivity index (χ2n) is 6.25. The molecular formula is C22H17BrCl4N4O2. The predicted octanol–water partition coefficient (Wildman–Crippen LogP) is 6.26. The molecule has 0 amide bonds. The minimum Gasteiger partial charge on any atom is -0.268 e. The van der Waals surface area contributed by atoms with Gasteiger partial charge in [0.05, 0.1) is 29.0 Å². The molecule has 2 aromatic carbocycles. The average molecular weight is 591 g/mol. The lowest BCUT2D eigenvalue weighted by atomic mass is 10.2. The van der Waals surface area contributed by atoms with Crippen LogP contribution in [0.15, 0.2) is 82.6 Å². The van der Waals surface area contributed by atoms with E-state index in [-0.39, 0.29) is 11.1 Å². The van der Waals surface area contributed by atoms with Crippen LogP contribution >= 0.6 is 62.3 Å². The molecule has 33 heavy (non-hydrogen) atoms. The highest BCUT2D eigenvalue weighted by Gasteiger charge is 2.03. The third-order valence-electron chi connectivity index (χ3n) is 3.85. The summed E-state index contributed by atoms with van der Waals surface area (Å²) in [6, 6.07) is 17.7. The number of alkyl halides is 1. The summed E-state index contributed by atoms with van der Waals surface area (Å²) in [6.45, 7) is 0.343. The van der Waals surface area contributed by atoms with Gasteiger partial charge in [0.2, 0.25) is 0 Å². The van der Waals surface area contributed by atoms with Gasteiger partial charge in [0.15, 0.2) is 0 Å². The van der Waals surface area contributed by atoms with Gasteiger partial charge in [-0.15, -0.1) is 0 Å². The van der Waals surface area contributed by atoms with Crippen molar-refractivity contribution in [3.63, 3.8) is 0 Å². The molecule has 0 fully saturated rings. The number of hydrogen-bond donors (Lipinski definition) is 1. The van der Waals surface area contributed by atoms with Crippen LogP contribution in [-0.4, -0.2) is 20.0 Å². The number of benzene rings is 2. The SMILES string of the molecule is Clc1ccccc1CBr.O=c1cc(Cl)cn[nH]1.O=c1cc(Cl)cnn1Cc1ccccc1Cl. The fraction of sp³-hybridized carbons (Fsp3) is 0.0909. The van der Waals surface area contributed by atoms with E-state index in [4.69, 9.17) is 46.4 Å². The summed E-state index contributed by atoms with van der Waals surface area (Å²) in [5, 5.41) is 12.5. The van der Waals surface area contributed by atoms with E-state index >= 15 is 0 Å². The molecule has 6 nitrogen and oxygen atoms in total. The minimum absolute atomic E-state index is 0.243. The lowest BCUT2D eigenvalue weighted by molar-refractivity contribution is 0.639. The zero-order chi connectivity index (χ0) is 24.2. The van der Waals surface area contributed by atoms with Gasteiger partial charge < -0.3 is 0 Å². The summed E-state index contributed by atoms with van der Waals surface area (Å²) in [7, 11) is 0. The lowest BCUT2D eigenvalue weighted by Gasteiger charge is -2.05. The van der Waals surface area contributed by atoms with Gasteiger partial charge in [0, 0.05) is 27.5 Å². The highest BCUT2D eigenvalue weighted by Crippen LogP contribution is 2.17. The predicted molar refractivity (Wildman–Crippen MR) is 138 cm³/mol. The number of nitrogens with zero attached hydrogens (tertiary/aromatic N) is 3. The van der Waals surface area contributed by atoms with E-state index in [9.17, 15) is 9.59 Å². The molecule has 172 valence electrons. The Labute approximate surface area is 218 Å². The fourth-order valence-corrected chi connectivity index (χ4v) is 3.61. The summed E-state index contributed by atoms with van der Waals surface area (Å²) < 4.78 is 1.31. The Morgan fingerprint density at radius 3 is 1.85 bits per heavy atom. The van der Waals surface area contributed by atoms with Gasteiger partial charge in [-0.25, -0.2) is 9.78 Å². The van der Waals surface area contributed by atoms with Gasteiger partial charge in [0.25, 0.3) is 11.1 Å². The maximum atomic E-state index is 11.5. The second-order valence-corrected chi connectivity index (χ2v) is 8.50. The molecular weight excluding hydrogens is 574 g/mol. The molecule has 0 atom stereocenters. The van der Waals surface area contributed by atoms with Crippen molar-refractivity contribution in [2.45, 2.75) is 11.9 Å². The molecule has 0 saturated carbocycles. The summed E-state index contributed by atoms with van der Waals surface area (Å²) in [5.41, 5.74) is 1.46. The fourth-order valence-electron chi connectivity index (χ4n) is 2.28. The molecule has 2 heterocycles. The Balaban J connectivity index is 0.000000192. The van der Waals surface area contributed by atoms with Crippen LogP contribution in [0, 0.1) is 0 Å². The molecule has 0 bridgehead atoms. The molecule has 4 rings (SSSR count). The van der Waals surface area contributed by atoms with E-state index < -0.39 is 0 Å². The van der Waals surface area contributed by atoms with Gasteiger partial charge in [-0.2, -0.15) is 10.2 Å². The molecule has 0 unspecified atom stereocenters. The minimum atomic E-state index is -0.280. The van der Waals surface area contributed by atoms with Crippen molar-refractivity contribution in [1.29, 1.82) is 0 Å². The van der Waals surface area contributed by atoms with Crippen molar-refractivity contribution in [2.24, 2.45) is 0 Å². The summed E-state index contributed by atoms with van der Waals surface area (Å²) >= 11 is 26.1. The summed E-state index contributed by atoms with van der Waals surface area (Å²) in [4.78, 5) is 21.8. The molecule has 1 N–H and O–H groups in total. The second kappa shape index (κ2) is 14.2. The number of H-pyrrole nitrogens is 1. The first-order valence-corrected chi connectivity index (χ1v) is 11.9. The molecule has 0 radical (unpaired) electrons. The topological polar surface area (TPSA) is 80.6 Å². The zero-order valence-corrected chi connectivity index (χ0v) is 21.5. The van der Waals surface area contributed by atoms with Gasteiger partial charge in [0.1, 0.15) is 0 Å². The van der Waals surface area contributed by atoms with Crippen LogP contribution in [-0.2, 0) is 11.9 Å². The maximum Gasteiger partial charge on any atom is 0.268 e. The average Bonchev–Trinajstić information content (AvgIpc) is 2.78. The molecule has 0 aliphatic carbocycles. The molecule has 4 aromatic rings. The third kappa shape index (κ3) is 9.70. The van der Waals surface area contributed by atoms with E-state index in [1.807, 2.05) is 42.5 Å². The van der Waals surface area contributed by atoms with E-state index in [1.54, 1.807) is 6.07 Å². The number of nitrogens with one attached hydrogen (secondary N) is 1. The van der Waals surface area contributed by atoms with Gasteiger partial charge in [-0.3, -0.25) is 9.59 Å². The van der Waals surface area contributed by atoms with Crippen LogP contribution in [0.3, 0.4) is 0 Å². The van der Waals surface area contributed by atoms with E-state index in [0.717, 1.165) is 21.5 Å². The van der Waals surface area contributed by atoms with Gasteiger partial charge in [-0.1, -0.05) is 98.7 Å². The first-order chi connectivity index (χ1) is 15.8. The molecule has 0 aliphatic rings. The van der Waals surface area contributed by atoms with Crippen molar-refractivity contribution in [1.82, 2.24) is 20.0 Å². The Kier molecular flexibility index (Phi) is 11.6. The number of halogens is 5. The van der Waals surface area contributed by atoms with Crippen LogP contribution in [0.1, 0.15) is 11.1 Å². The normalized spacial score (nSPS) is 9.85. The van der Waals surface area contributed by atoms with Crippen LogP contribution in [0.4, 0.5) is 0 Å². The summed E-state index contributed by atoms with van der Waals surface area (Å²) in [5.74, 6) is 0. The lowest BCUT2D eigenvalue weighted by Crippen LogP contribution is -2.22. The van der Waals surface area contributed by atoms with Crippen LogP contribution in [0.25, 0.3) is 0 Å². The first kappa shape index (κ1) is 27.1. The van der Waals surface area contributed by atoms with Gasteiger partial charge >= 0.3 is 0 Å². The third-order valence-corrected chi connectivity index (χ3v) is 5.60. The number of hydrogen-bond acceptors (Lipinski definition) is 4. The Morgan fingerprint density at radius 1 is 0.818 bits per heavy atom. The molecule has 0 spiro atoms. The quantitative estimate of drug-likeness (QED) is 0.286. The number of aromatic amines is 1. The van der Waals surface area contributed by atoms with Crippen molar-refractivity contribution in [3.05, 3.63) is 125 Å². The number of rotatable bonds is 3. The first-order valence-electron chi connectivity index (χ1n) is 9.26. The van der Waals surface area contributed by atoms with Gasteiger partial charge in [-0.05, 0) is 23.3 Å². The van der Waals surface area contributed by atoms with Crippen LogP contribution in [0.2, 0.25) is 20.1 Å². The molecule has 11 heteroatoms. The van der Waals surface area contributed by atoms with Crippen molar-refractivity contribution in [2.75, 3.05) is 0 Å². The molecule has 0 aliphatic heterocycles. The van der Waals surface area contributed by atoms with E-state index in [1.165, 1.54) is 29.2 Å².